The predicted octanol–water partition coefficient (Wildman–Crippen LogP) is 2.65. The molecule has 0 saturated carbocycles. The molecule has 2 fully saturated rings. The van der Waals surface area contributed by atoms with Crippen molar-refractivity contribution in [1.82, 2.24) is 15.0 Å². The topological polar surface area (TPSA) is 49.6 Å². The van der Waals surface area contributed by atoms with Gasteiger partial charge in [-0.05, 0) is 57.3 Å². The molecule has 2 atom stereocenters. The summed E-state index contributed by atoms with van der Waals surface area (Å²) in [5, 5.41) is 4.08. The smallest absolute Gasteiger partial charge is 0.229 e. The van der Waals surface area contributed by atoms with Crippen LogP contribution < -0.4 is 0 Å². The van der Waals surface area contributed by atoms with Gasteiger partial charge in [-0.3, -0.25) is 9.69 Å². The van der Waals surface area contributed by atoms with Crippen LogP contribution in [0.4, 0.5) is 0 Å². The fourth-order valence-corrected chi connectivity index (χ4v) is 4.23. The Morgan fingerprint density at radius 3 is 2.73 bits per heavy atom. The molecule has 1 aromatic rings. The number of likely N-dealkylation sites (tertiary alicyclic amines) is 2. The first-order chi connectivity index (χ1) is 10.6. The number of amides is 1. The molecule has 0 radical (unpaired) electrons. The molecule has 2 saturated heterocycles. The predicted molar refractivity (Wildman–Crippen MR) is 85.0 cm³/mol. The fraction of sp³-hybridized carbons (Fsp3) is 0.750. The zero-order valence-corrected chi connectivity index (χ0v) is 14.1. The second-order valence-electron chi connectivity index (χ2n) is 6.33. The normalized spacial score (nSPS) is 26.0. The molecule has 5 nitrogen and oxygen atoms in total. The Hall–Kier alpha value is -1.07. The van der Waals surface area contributed by atoms with Gasteiger partial charge in [0.1, 0.15) is 0 Å². The van der Waals surface area contributed by atoms with E-state index in [1.807, 2.05) is 6.92 Å². The molecule has 122 valence electrons. The van der Waals surface area contributed by atoms with Gasteiger partial charge < -0.3 is 9.42 Å². The van der Waals surface area contributed by atoms with Gasteiger partial charge in [-0.2, -0.15) is 0 Å². The maximum atomic E-state index is 12.8. The van der Waals surface area contributed by atoms with Gasteiger partial charge in [0, 0.05) is 24.2 Å². The van der Waals surface area contributed by atoms with Crippen LogP contribution in [0.3, 0.4) is 0 Å². The number of aromatic nitrogens is 1. The molecule has 6 heteroatoms. The van der Waals surface area contributed by atoms with E-state index in [-0.39, 0.29) is 11.1 Å². The summed E-state index contributed by atoms with van der Waals surface area (Å²) in [7, 11) is 0. The molecule has 0 aromatic carbocycles. The fourth-order valence-electron chi connectivity index (χ4n) is 3.99. The Kier molecular flexibility index (Phi) is 4.73. The van der Waals surface area contributed by atoms with Crippen molar-refractivity contribution in [3.63, 3.8) is 0 Å². The maximum absolute atomic E-state index is 12.8. The van der Waals surface area contributed by atoms with E-state index in [1.165, 1.54) is 12.8 Å². The molecule has 1 aromatic heterocycles. The van der Waals surface area contributed by atoms with E-state index in [1.54, 1.807) is 0 Å². The highest BCUT2D eigenvalue weighted by Gasteiger charge is 2.39. The minimum atomic E-state index is 0.152. The molecule has 2 aliphatic heterocycles. The molecule has 0 unspecified atom stereocenters. The summed E-state index contributed by atoms with van der Waals surface area (Å²) in [6.45, 7) is 7.13. The average Bonchev–Trinajstić information content (AvgIpc) is 3.21. The standard InChI is InChI=1S/C16H24ClN3O2/c1-3-19-8-4-6-13(19)14-7-5-9-20(14)15(21)10-12-11(2)18-22-16(12)17/h13-14H,3-10H2,1-2H3/t13-,14-/m0/s1. The van der Waals surface area contributed by atoms with E-state index in [0.29, 0.717) is 24.2 Å². The number of hydrogen-bond acceptors (Lipinski definition) is 4. The van der Waals surface area contributed by atoms with E-state index in [2.05, 4.69) is 21.9 Å². The molecular weight excluding hydrogens is 302 g/mol. The number of likely N-dealkylation sites (N-methyl/N-ethyl adjacent to an activating group) is 1. The number of halogens is 1. The molecule has 0 bridgehead atoms. The molecular formula is C16H24ClN3O2. The van der Waals surface area contributed by atoms with Crippen molar-refractivity contribution in [1.29, 1.82) is 0 Å². The van der Waals surface area contributed by atoms with Gasteiger partial charge in [0.25, 0.3) is 0 Å². The highest BCUT2D eigenvalue weighted by atomic mass is 35.5. The summed E-state index contributed by atoms with van der Waals surface area (Å²) < 4.78 is 4.96. The SMILES string of the molecule is CCN1CCC[C@H]1[C@@H]1CCCN1C(=O)Cc1c(C)noc1Cl. The van der Waals surface area contributed by atoms with Crippen LogP contribution in [0, 0.1) is 6.92 Å². The number of aryl methyl sites for hydroxylation is 1. The summed E-state index contributed by atoms with van der Waals surface area (Å²) in [6.07, 6.45) is 4.95. The second-order valence-corrected chi connectivity index (χ2v) is 6.68. The molecule has 0 aliphatic carbocycles. The van der Waals surface area contributed by atoms with Crippen molar-refractivity contribution in [2.75, 3.05) is 19.6 Å². The van der Waals surface area contributed by atoms with Gasteiger partial charge >= 0.3 is 0 Å². The van der Waals surface area contributed by atoms with Crippen LogP contribution >= 0.6 is 11.6 Å². The number of nitrogens with zero attached hydrogens (tertiary/aromatic N) is 3. The molecule has 3 heterocycles. The van der Waals surface area contributed by atoms with Crippen LogP contribution in [-0.2, 0) is 11.2 Å². The Balaban J connectivity index is 1.71. The molecule has 0 N–H and O–H groups in total. The number of hydrogen-bond donors (Lipinski definition) is 0. The number of carbonyl (C=O) groups is 1. The molecule has 22 heavy (non-hydrogen) atoms. The molecule has 3 rings (SSSR count). The zero-order valence-electron chi connectivity index (χ0n) is 13.3. The van der Waals surface area contributed by atoms with Gasteiger partial charge in [0.2, 0.25) is 11.1 Å². The third kappa shape index (κ3) is 2.88. The minimum absolute atomic E-state index is 0.152. The second kappa shape index (κ2) is 6.59. The Bertz CT molecular complexity index is 526. The Labute approximate surface area is 136 Å². The summed E-state index contributed by atoms with van der Waals surface area (Å²) in [5.74, 6) is 0.152. The van der Waals surface area contributed by atoms with E-state index in [9.17, 15) is 4.79 Å². The first-order valence-corrected chi connectivity index (χ1v) is 8.63. The van der Waals surface area contributed by atoms with Crippen molar-refractivity contribution in [2.45, 2.75) is 58.0 Å². The monoisotopic (exact) mass is 325 g/mol. The van der Waals surface area contributed by atoms with Gasteiger partial charge in [0.05, 0.1) is 12.1 Å². The summed E-state index contributed by atoms with van der Waals surface area (Å²) in [6, 6.07) is 0.879. The van der Waals surface area contributed by atoms with Crippen LogP contribution in [-0.4, -0.2) is 52.6 Å². The van der Waals surface area contributed by atoms with Crippen molar-refractivity contribution in [2.24, 2.45) is 0 Å². The van der Waals surface area contributed by atoms with E-state index in [4.69, 9.17) is 16.1 Å². The maximum Gasteiger partial charge on any atom is 0.229 e. The van der Waals surface area contributed by atoms with E-state index in [0.717, 1.165) is 38.0 Å². The highest BCUT2D eigenvalue weighted by molar-refractivity contribution is 6.29. The van der Waals surface area contributed by atoms with Gasteiger partial charge in [-0.25, -0.2) is 0 Å². The van der Waals surface area contributed by atoms with Gasteiger partial charge in [-0.1, -0.05) is 12.1 Å². The van der Waals surface area contributed by atoms with Gasteiger partial charge in [-0.15, -0.1) is 0 Å². The largest absolute Gasteiger partial charge is 0.344 e. The molecule has 0 spiro atoms. The lowest BCUT2D eigenvalue weighted by molar-refractivity contribution is -0.132. The average molecular weight is 326 g/mol. The van der Waals surface area contributed by atoms with E-state index >= 15 is 0 Å². The van der Waals surface area contributed by atoms with Crippen molar-refractivity contribution < 1.29 is 9.32 Å². The van der Waals surface area contributed by atoms with Crippen LogP contribution in [0.25, 0.3) is 0 Å². The summed E-state index contributed by atoms with van der Waals surface area (Å²) in [4.78, 5) is 17.4. The molecule has 2 aliphatic rings. The van der Waals surface area contributed by atoms with Crippen LogP contribution in [0.2, 0.25) is 5.22 Å². The summed E-state index contributed by atoms with van der Waals surface area (Å²) >= 11 is 6.00. The lowest BCUT2D eigenvalue weighted by atomic mass is 10.0. The van der Waals surface area contributed by atoms with Gasteiger partial charge in [0.15, 0.2) is 0 Å². The third-order valence-corrected chi connectivity index (χ3v) is 5.45. The van der Waals surface area contributed by atoms with Crippen LogP contribution in [0.15, 0.2) is 4.52 Å². The zero-order chi connectivity index (χ0) is 15.7. The van der Waals surface area contributed by atoms with Crippen molar-refractivity contribution >= 4 is 17.5 Å². The Morgan fingerprint density at radius 2 is 2.05 bits per heavy atom. The number of rotatable bonds is 4. The lowest BCUT2D eigenvalue weighted by Crippen LogP contribution is -2.48. The van der Waals surface area contributed by atoms with E-state index < -0.39 is 0 Å². The summed E-state index contributed by atoms with van der Waals surface area (Å²) in [5.41, 5.74) is 1.45. The van der Waals surface area contributed by atoms with Crippen molar-refractivity contribution in [3.8, 4) is 0 Å². The first kappa shape index (κ1) is 15.8. The first-order valence-electron chi connectivity index (χ1n) is 8.26. The Morgan fingerprint density at radius 1 is 1.32 bits per heavy atom. The lowest BCUT2D eigenvalue weighted by Gasteiger charge is -2.34. The highest BCUT2D eigenvalue weighted by Crippen LogP contribution is 2.31. The quantitative estimate of drug-likeness (QED) is 0.854. The van der Waals surface area contributed by atoms with Crippen molar-refractivity contribution in [3.05, 3.63) is 16.5 Å². The number of carbonyl (C=O) groups excluding carboxylic acids is 1. The minimum Gasteiger partial charge on any atom is -0.344 e. The third-order valence-electron chi connectivity index (χ3n) is 5.15. The van der Waals surface area contributed by atoms with Crippen LogP contribution in [0.5, 0.6) is 0 Å². The molecule has 1 amide bonds. The van der Waals surface area contributed by atoms with Crippen LogP contribution in [0.1, 0.15) is 43.9 Å².